The summed E-state index contributed by atoms with van der Waals surface area (Å²) in [4.78, 5) is 11.3. The van der Waals surface area contributed by atoms with Gasteiger partial charge in [0.05, 0.1) is 0 Å². The van der Waals surface area contributed by atoms with E-state index in [2.05, 4.69) is 0 Å². The first-order chi connectivity index (χ1) is 8.24. The van der Waals surface area contributed by atoms with Crippen molar-refractivity contribution in [2.45, 2.75) is 20.3 Å². The van der Waals surface area contributed by atoms with Gasteiger partial charge < -0.3 is 0 Å². The first-order valence-corrected chi connectivity index (χ1v) is 5.84. The lowest BCUT2D eigenvalue weighted by Gasteiger charge is -1.92. The molecule has 0 aromatic heterocycles. The van der Waals surface area contributed by atoms with Gasteiger partial charge in [-0.3, -0.25) is 4.79 Å². The van der Waals surface area contributed by atoms with E-state index in [0.29, 0.717) is 6.42 Å². The fourth-order valence-corrected chi connectivity index (χ4v) is 1.37. The van der Waals surface area contributed by atoms with Gasteiger partial charge in [-0.25, -0.2) is 0 Å². The second kappa shape index (κ2) is 7.39. The van der Waals surface area contributed by atoms with E-state index < -0.39 is 0 Å². The second-order valence-electron chi connectivity index (χ2n) is 3.78. The first kappa shape index (κ1) is 13.2. The highest BCUT2D eigenvalue weighted by Crippen LogP contribution is 2.02. The molecule has 0 radical (unpaired) electrons. The Labute approximate surface area is 103 Å². The van der Waals surface area contributed by atoms with E-state index in [0.717, 1.165) is 5.57 Å². The van der Waals surface area contributed by atoms with Crippen LogP contribution in [0.25, 0.3) is 6.08 Å². The number of carbonyl (C=O) groups is 1. The van der Waals surface area contributed by atoms with Crippen molar-refractivity contribution in [1.29, 1.82) is 0 Å². The molecule has 0 saturated heterocycles. The van der Waals surface area contributed by atoms with Crippen molar-refractivity contribution in [3.63, 3.8) is 0 Å². The summed E-state index contributed by atoms with van der Waals surface area (Å²) in [6.07, 6.45) is 10.2. The number of Topliss-reactive ketones (excluding diaryl/α,β-unsaturated/α-hetero) is 1. The van der Waals surface area contributed by atoms with Crippen molar-refractivity contribution in [3.05, 3.63) is 65.8 Å². The van der Waals surface area contributed by atoms with E-state index in [9.17, 15) is 4.79 Å². The molecule has 1 aromatic rings. The average molecular weight is 226 g/mol. The Morgan fingerprint density at radius 3 is 2.47 bits per heavy atom. The number of rotatable bonds is 5. The summed E-state index contributed by atoms with van der Waals surface area (Å²) < 4.78 is 0. The first-order valence-electron chi connectivity index (χ1n) is 5.84. The SMILES string of the molecule is CCC(=O)/C(C)=C/C=C/C=C/c1ccccc1. The van der Waals surface area contributed by atoms with Gasteiger partial charge in [-0.05, 0) is 18.1 Å². The van der Waals surface area contributed by atoms with Crippen LogP contribution in [0.4, 0.5) is 0 Å². The van der Waals surface area contributed by atoms with Crippen LogP contribution in [0.15, 0.2) is 60.2 Å². The molecule has 0 amide bonds. The highest BCUT2D eigenvalue weighted by molar-refractivity contribution is 5.94. The molecular formula is C16H18O. The van der Waals surface area contributed by atoms with Crippen molar-refractivity contribution in [2.24, 2.45) is 0 Å². The maximum absolute atomic E-state index is 11.3. The van der Waals surface area contributed by atoms with Crippen LogP contribution in [0.5, 0.6) is 0 Å². The number of hydrogen-bond donors (Lipinski definition) is 0. The molecular weight excluding hydrogens is 208 g/mol. The van der Waals surface area contributed by atoms with Crippen LogP contribution in [0.3, 0.4) is 0 Å². The van der Waals surface area contributed by atoms with Crippen molar-refractivity contribution in [1.82, 2.24) is 0 Å². The van der Waals surface area contributed by atoms with Gasteiger partial charge in [-0.15, -0.1) is 0 Å². The molecule has 1 rings (SSSR count). The molecule has 0 aliphatic carbocycles. The molecule has 0 spiro atoms. The van der Waals surface area contributed by atoms with Gasteiger partial charge in [-0.1, -0.05) is 67.6 Å². The van der Waals surface area contributed by atoms with Crippen LogP contribution in [-0.4, -0.2) is 5.78 Å². The maximum Gasteiger partial charge on any atom is 0.158 e. The van der Waals surface area contributed by atoms with Gasteiger partial charge >= 0.3 is 0 Å². The Morgan fingerprint density at radius 2 is 1.82 bits per heavy atom. The third-order valence-electron chi connectivity index (χ3n) is 2.42. The summed E-state index contributed by atoms with van der Waals surface area (Å²) in [6, 6.07) is 10.1. The highest BCUT2D eigenvalue weighted by atomic mass is 16.1. The van der Waals surface area contributed by atoms with Crippen LogP contribution in [0.1, 0.15) is 25.8 Å². The van der Waals surface area contributed by atoms with Crippen LogP contribution in [-0.2, 0) is 4.79 Å². The minimum Gasteiger partial charge on any atom is -0.295 e. The van der Waals surface area contributed by atoms with E-state index in [1.54, 1.807) is 0 Å². The molecule has 0 saturated carbocycles. The molecule has 0 N–H and O–H groups in total. The monoisotopic (exact) mass is 226 g/mol. The smallest absolute Gasteiger partial charge is 0.158 e. The zero-order valence-electron chi connectivity index (χ0n) is 10.4. The molecule has 0 atom stereocenters. The molecule has 0 fully saturated rings. The lowest BCUT2D eigenvalue weighted by Crippen LogP contribution is -1.95. The van der Waals surface area contributed by atoms with Crippen LogP contribution in [0.2, 0.25) is 0 Å². The largest absolute Gasteiger partial charge is 0.295 e. The van der Waals surface area contributed by atoms with Crippen LogP contribution in [0, 0.1) is 0 Å². The molecule has 0 unspecified atom stereocenters. The predicted octanol–water partition coefficient (Wildman–Crippen LogP) is 4.18. The molecule has 0 bridgehead atoms. The third-order valence-corrected chi connectivity index (χ3v) is 2.42. The average Bonchev–Trinajstić information content (AvgIpc) is 2.38. The molecule has 1 nitrogen and oxygen atoms in total. The lowest BCUT2D eigenvalue weighted by atomic mass is 10.1. The minimum absolute atomic E-state index is 0.196. The van der Waals surface area contributed by atoms with Crippen molar-refractivity contribution < 1.29 is 4.79 Å². The number of hydrogen-bond acceptors (Lipinski definition) is 1. The molecule has 88 valence electrons. The third kappa shape index (κ3) is 5.12. The zero-order chi connectivity index (χ0) is 12.5. The highest BCUT2D eigenvalue weighted by Gasteiger charge is 1.97. The molecule has 1 aromatic carbocycles. The van der Waals surface area contributed by atoms with E-state index in [-0.39, 0.29) is 5.78 Å². The van der Waals surface area contributed by atoms with Crippen LogP contribution < -0.4 is 0 Å². The molecule has 17 heavy (non-hydrogen) atoms. The van der Waals surface area contributed by atoms with E-state index >= 15 is 0 Å². The summed E-state index contributed by atoms with van der Waals surface area (Å²) in [7, 11) is 0. The topological polar surface area (TPSA) is 17.1 Å². The number of allylic oxidation sites excluding steroid dienone is 5. The Balaban J connectivity index is 2.51. The van der Waals surface area contributed by atoms with Crippen LogP contribution >= 0.6 is 0 Å². The molecule has 0 aliphatic rings. The lowest BCUT2D eigenvalue weighted by molar-refractivity contribution is -0.115. The summed E-state index contributed by atoms with van der Waals surface area (Å²) in [6.45, 7) is 3.72. The van der Waals surface area contributed by atoms with Gasteiger partial charge in [0.15, 0.2) is 5.78 Å². The van der Waals surface area contributed by atoms with Crippen molar-refractivity contribution >= 4 is 11.9 Å². The number of carbonyl (C=O) groups excluding carboxylic acids is 1. The van der Waals surface area contributed by atoms with Gasteiger partial charge in [0, 0.05) is 6.42 Å². The van der Waals surface area contributed by atoms with Crippen molar-refractivity contribution in [2.75, 3.05) is 0 Å². The Bertz CT molecular complexity index is 436. The predicted molar refractivity (Wildman–Crippen MR) is 73.7 cm³/mol. The quantitative estimate of drug-likeness (QED) is 0.543. The normalized spacial score (nSPS) is 12.5. The van der Waals surface area contributed by atoms with E-state index in [4.69, 9.17) is 0 Å². The fourth-order valence-electron chi connectivity index (χ4n) is 1.37. The summed E-state index contributed by atoms with van der Waals surface area (Å²) >= 11 is 0. The summed E-state index contributed by atoms with van der Waals surface area (Å²) in [5.41, 5.74) is 1.97. The van der Waals surface area contributed by atoms with Crippen molar-refractivity contribution in [3.8, 4) is 0 Å². The molecule has 0 heterocycles. The second-order valence-corrected chi connectivity index (χ2v) is 3.78. The van der Waals surface area contributed by atoms with E-state index in [1.807, 2.05) is 74.6 Å². The number of benzene rings is 1. The maximum atomic E-state index is 11.3. The standard InChI is InChI=1S/C16H18O/c1-3-16(17)14(2)10-6-4-7-11-15-12-8-5-9-13-15/h4-13H,3H2,1-2H3/b6-4+,11-7+,14-10+. The Hall–Kier alpha value is -1.89. The zero-order valence-corrected chi connectivity index (χ0v) is 10.4. The fraction of sp³-hybridized carbons (Fsp3) is 0.188. The Kier molecular flexibility index (Phi) is 5.73. The number of ketones is 1. The molecule has 0 aliphatic heterocycles. The van der Waals surface area contributed by atoms with Gasteiger partial charge in [-0.2, -0.15) is 0 Å². The van der Waals surface area contributed by atoms with Gasteiger partial charge in [0.25, 0.3) is 0 Å². The summed E-state index contributed by atoms with van der Waals surface area (Å²) in [5, 5.41) is 0. The van der Waals surface area contributed by atoms with E-state index in [1.165, 1.54) is 5.56 Å². The molecule has 1 heteroatoms. The van der Waals surface area contributed by atoms with Gasteiger partial charge in [0.1, 0.15) is 0 Å². The minimum atomic E-state index is 0.196. The summed E-state index contributed by atoms with van der Waals surface area (Å²) in [5.74, 6) is 0.196. The van der Waals surface area contributed by atoms with Gasteiger partial charge in [0.2, 0.25) is 0 Å². The Morgan fingerprint density at radius 1 is 1.12 bits per heavy atom.